The van der Waals surface area contributed by atoms with Crippen molar-refractivity contribution in [3.05, 3.63) is 22.7 Å². The van der Waals surface area contributed by atoms with Gasteiger partial charge in [0.2, 0.25) is 0 Å². The van der Waals surface area contributed by atoms with Crippen LogP contribution in [0.3, 0.4) is 0 Å². The molecule has 0 aliphatic carbocycles. The van der Waals surface area contributed by atoms with Crippen LogP contribution >= 0.6 is 11.6 Å². The predicted octanol–water partition coefficient (Wildman–Crippen LogP) is 2.09. The SMILES string of the molecule is COc1c(Cl)cc(/C=N/Nc2nn[nH]n2)cc1OC(C)C. The molecule has 21 heavy (non-hydrogen) atoms. The van der Waals surface area contributed by atoms with E-state index in [4.69, 9.17) is 21.1 Å². The molecule has 0 saturated carbocycles. The summed E-state index contributed by atoms with van der Waals surface area (Å²) in [6.07, 6.45) is 1.56. The van der Waals surface area contributed by atoms with Crippen LogP contribution in [0.4, 0.5) is 5.95 Å². The van der Waals surface area contributed by atoms with E-state index in [2.05, 4.69) is 31.2 Å². The summed E-state index contributed by atoms with van der Waals surface area (Å²) >= 11 is 6.17. The monoisotopic (exact) mass is 310 g/mol. The Hall–Kier alpha value is -2.35. The Morgan fingerprint density at radius 2 is 2.24 bits per heavy atom. The maximum absolute atomic E-state index is 6.17. The zero-order valence-electron chi connectivity index (χ0n) is 11.8. The molecule has 9 heteroatoms. The number of anilines is 1. The normalized spacial score (nSPS) is 11.1. The molecule has 0 saturated heterocycles. The molecule has 2 N–H and O–H groups in total. The Balaban J connectivity index is 2.19. The minimum absolute atomic E-state index is 0.000360. The van der Waals surface area contributed by atoms with E-state index in [9.17, 15) is 0 Å². The number of aromatic amines is 1. The number of H-pyrrole nitrogens is 1. The van der Waals surface area contributed by atoms with Crippen LogP contribution < -0.4 is 14.9 Å². The lowest BCUT2D eigenvalue weighted by atomic mass is 10.2. The number of hydrazone groups is 1. The van der Waals surface area contributed by atoms with Crippen LogP contribution in [0.5, 0.6) is 11.5 Å². The average Bonchev–Trinajstić information content (AvgIpc) is 2.91. The Bertz CT molecular complexity index is 614. The number of aromatic nitrogens is 4. The zero-order valence-corrected chi connectivity index (χ0v) is 12.5. The van der Waals surface area contributed by atoms with Crippen LogP contribution in [0.25, 0.3) is 0 Å². The number of nitrogens with zero attached hydrogens (tertiary/aromatic N) is 4. The number of hydrogen-bond donors (Lipinski definition) is 2. The van der Waals surface area contributed by atoms with Crippen LogP contribution in [0.1, 0.15) is 19.4 Å². The number of halogens is 1. The predicted molar refractivity (Wildman–Crippen MR) is 79.2 cm³/mol. The Kier molecular flexibility index (Phi) is 4.94. The standard InChI is InChI=1S/C12H15ClN6O2/c1-7(2)21-10-5-8(4-9(13)11(10)20-3)6-14-15-12-16-18-19-17-12/h4-7H,1-3H3,(H2,15,16,17,18,19)/b14-6+. The highest BCUT2D eigenvalue weighted by atomic mass is 35.5. The molecule has 0 bridgehead atoms. The fraction of sp³-hybridized carbons (Fsp3) is 0.333. The summed E-state index contributed by atoms with van der Waals surface area (Å²) in [5.41, 5.74) is 3.36. The molecule has 0 radical (unpaired) electrons. The molecule has 0 amide bonds. The van der Waals surface area contributed by atoms with Gasteiger partial charge in [-0.25, -0.2) is 5.43 Å². The summed E-state index contributed by atoms with van der Waals surface area (Å²) in [4.78, 5) is 0. The number of benzene rings is 1. The van der Waals surface area contributed by atoms with E-state index in [1.807, 2.05) is 13.8 Å². The highest BCUT2D eigenvalue weighted by Crippen LogP contribution is 2.36. The van der Waals surface area contributed by atoms with Crippen LogP contribution in [0.15, 0.2) is 17.2 Å². The second-order valence-corrected chi connectivity index (χ2v) is 4.71. The quantitative estimate of drug-likeness (QED) is 0.626. The molecule has 2 aromatic rings. The average molecular weight is 311 g/mol. The van der Waals surface area contributed by atoms with Gasteiger partial charge in [-0.2, -0.15) is 10.3 Å². The molecular formula is C12H15ClN6O2. The van der Waals surface area contributed by atoms with Crippen molar-refractivity contribution in [1.29, 1.82) is 0 Å². The van der Waals surface area contributed by atoms with Crippen molar-refractivity contribution in [2.24, 2.45) is 5.10 Å². The minimum atomic E-state index is -0.000360. The van der Waals surface area contributed by atoms with Crippen molar-refractivity contribution in [2.45, 2.75) is 20.0 Å². The first-order valence-corrected chi connectivity index (χ1v) is 6.54. The van der Waals surface area contributed by atoms with Gasteiger partial charge in [0.15, 0.2) is 11.5 Å². The fourth-order valence-corrected chi connectivity index (χ4v) is 1.87. The molecule has 0 atom stereocenters. The number of methoxy groups -OCH3 is 1. The van der Waals surface area contributed by atoms with Crippen LogP contribution in [0.2, 0.25) is 5.02 Å². The van der Waals surface area contributed by atoms with E-state index in [0.29, 0.717) is 16.5 Å². The van der Waals surface area contributed by atoms with Crippen molar-refractivity contribution in [2.75, 3.05) is 12.5 Å². The lowest BCUT2D eigenvalue weighted by molar-refractivity contribution is 0.230. The first-order chi connectivity index (χ1) is 10.1. The van der Waals surface area contributed by atoms with E-state index in [1.165, 1.54) is 0 Å². The summed E-state index contributed by atoms with van der Waals surface area (Å²) in [6.45, 7) is 3.85. The van der Waals surface area contributed by atoms with E-state index in [0.717, 1.165) is 5.56 Å². The van der Waals surface area contributed by atoms with Crippen LogP contribution in [-0.4, -0.2) is 40.1 Å². The van der Waals surface area contributed by atoms with Crippen molar-refractivity contribution in [3.63, 3.8) is 0 Å². The lowest BCUT2D eigenvalue weighted by Gasteiger charge is -2.15. The summed E-state index contributed by atoms with van der Waals surface area (Å²) in [6, 6.07) is 3.50. The van der Waals surface area contributed by atoms with Gasteiger partial charge >= 0.3 is 0 Å². The second kappa shape index (κ2) is 6.89. The third-order valence-corrected chi connectivity index (χ3v) is 2.60. The maximum atomic E-state index is 6.17. The molecule has 0 spiro atoms. The molecule has 1 heterocycles. The van der Waals surface area contributed by atoms with Gasteiger partial charge in [-0.15, -0.1) is 5.10 Å². The molecular weight excluding hydrogens is 296 g/mol. The van der Waals surface area contributed by atoms with Gasteiger partial charge in [0.25, 0.3) is 5.95 Å². The van der Waals surface area contributed by atoms with E-state index < -0.39 is 0 Å². The molecule has 0 fully saturated rings. The Morgan fingerprint density at radius 1 is 1.43 bits per heavy atom. The van der Waals surface area contributed by atoms with Gasteiger partial charge in [0.05, 0.1) is 24.5 Å². The number of tetrazole rings is 1. The summed E-state index contributed by atoms with van der Waals surface area (Å²) in [5.74, 6) is 1.32. The Labute approximate surface area is 126 Å². The summed E-state index contributed by atoms with van der Waals surface area (Å²) < 4.78 is 10.9. The van der Waals surface area contributed by atoms with Gasteiger partial charge in [-0.05, 0) is 36.8 Å². The first-order valence-electron chi connectivity index (χ1n) is 6.17. The topological polar surface area (TPSA) is 97.3 Å². The fourth-order valence-electron chi connectivity index (χ4n) is 1.58. The van der Waals surface area contributed by atoms with Crippen LogP contribution in [0, 0.1) is 0 Å². The number of nitrogens with one attached hydrogen (secondary N) is 2. The second-order valence-electron chi connectivity index (χ2n) is 4.31. The molecule has 8 nitrogen and oxygen atoms in total. The van der Waals surface area contributed by atoms with Crippen molar-refractivity contribution >= 4 is 23.8 Å². The Morgan fingerprint density at radius 3 is 2.86 bits per heavy atom. The molecule has 1 aromatic heterocycles. The molecule has 0 aliphatic rings. The summed E-state index contributed by atoms with van der Waals surface area (Å²) in [7, 11) is 1.54. The molecule has 2 rings (SSSR count). The van der Waals surface area contributed by atoms with Gasteiger partial charge in [-0.3, -0.25) is 0 Å². The third-order valence-electron chi connectivity index (χ3n) is 2.32. The first kappa shape index (κ1) is 15.0. The molecule has 112 valence electrons. The summed E-state index contributed by atoms with van der Waals surface area (Å²) in [5, 5.41) is 17.6. The lowest BCUT2D eigenvalue weighted by Crippen LogP contribution is -2.07. The van der Waals surface area contributed by atoms with Gasteiger partial charge in [0, 0.05) is 0 Å². The molecule has 1 aromatic carbocycles. The van der Waals surface area contributed by atoms with Gasteiger partial charge in [-0.1, -0.05) is 16.7 Å². The van der Waals surface area contributed by atoms with Crippen molar-refractivity contribution < 1.29 is 9.47 Å². The number of hydrogen-bond acceptors (Lipinski definition) is 7. The molecule has 0 unspecified atom stereocenters. The largest absolute Gasteiger partial charge is 0.491 e. The van der Waals surface area contributed by atoms with Gasteiger partial charge in [0.1, 0.15) is 0 Å². The van der Waals surface area contributed by atoms with Gasteiger partial charge < -0.3 is 9.47 Å². The zero-order chi connectivity index (χ0) is 15.2. The number of rotatable bonds is 6. The molecule has 0 aliphatic heterocycles. The van der Waals surface area contributed by atoms with E-state index in [-0.39, 0.29) is 12.1 Å². The highest BCUT2D eigenvalue weighted by molar-refractivity contribution is 6.32. The van der Waals surface area contributed by atoms with E-state index in [1.54, 1.807) is 25.5 Å². The van der Waals surface area contributed by atoms with E-state index >= 15 is 0 Å². The highest BCUT2D eigenvalue weighted by Gasteiger charge is 2.12. The smallest absolute Gasteiger partial charge is 0.283 e. The third kappa shape index (κ3) is 4.06. The van der Waals surface area contributed by atoms with Crippen molar-refractivity contribution in [3.8, 4) is 11.5 Å². The minimum Gasteiger partial charge on any atom is -0.491 e. The van der Waals surface area contributed by atoms with Crippen molar-refractivity contribution in [1.82, 2.24) is 20.6 Å². The maximum Gasteiger partial charge on any atom is 0.283 e. The van der Waals surface area contributed by atoms with Crippen LogP contribution in [-0.2, 0) is 0 Å². The number of ether oxygens (including phenoxy) is 2.